The monoisotopic (exact) mass is 330 g/mol. The van der Waals surface area contributed by atoms with Crippen LogP contribution in [0, 0.1) is 17.7 Å². The van der Waals surface area contributed by atoms with Crippen LogP contribution in [0.4, 0.5) is 0 Å². The van der Waals surface area contributed by atoms with E-state index in [2.05, 4.69) is 29.8 Å². The number of carbonyl (C=O) groups excluding carboxylic acids is 1. The minimum absolute atomic E-state index is 0.102. The molecular formula is C17H14O2Se. The Bertz CT molecular complexity index is 639. The van der Waals surface area contributed by atoms with Crippen molar-refractivity contribution in [1.82, 2.24) is 0 Å². The van der Waals surface area contributed by atoms with Crippen molar-refractivity contribution in [3.05, 3.63) is 65.7 Å². The number of rotatable bonds is 3. The van der Waals surface area contributed by atoms with Crippen molar-refractivity contribution in [1.29, 1.82) is 0 Å². The van der Waals surface area contributed by atoms with E-state index in [9.17, 15) is 4.79 Å². The van der Waals surface area contributed by atoms with Crippen molar-refractivity contribution in [2.75, 3.05) is 6.61 Å². The van der Waals surface area contributed by atoms with E-state index < -0.39 is 0 Å². The fourth-order valence-corrected chi connectivity index (χ4v) is 2.84. The first-order valence-corrected chi connectivity index (χ1v) is 7.91. The number of esters is 1. The molecule has 2 nitrogen and oxygen atoms in total. The summed E-state index contributed by atoms with van der Waals surface area (Å²) in [6.07, 6.45) is 0. The molecule has 0 aliphatic rings. The van der Waals surface area contributed by atoms with Gasteiger partial charge in [0.2, 0.25) is 0 Å². The topological polar surface area (TPSA) is 26.3 Å². The van der Waals surface area contributed by atoms with Crippen LogP contribution in [0.15, 0.2) is 54.6 Å². The molecule has 20 heavy (non-hydrogen) atoms. The zero-order valence-corrected chi connectivity index (χ0v) is 12.8. The predicted molar refractivity (Wildman–Crippen MR) is 81.1 cm³/mol. The maximum absolute atomic E-state index is 11.6. The van der Waals surface area contributed by atoms with Crippen molar-refractivity contribution in [2.24, 2.45) is 0 Å². The predicted octanol–water partition coefficient (Wildman–Crippen LogP) is 2.14. The van der Waals surface area contributed by atoms with Gasteiger partial charge < -0.3 is 0 Å². The van der Waals surface area contributed by atoms with Gasteiger partial charge in [-0.2, -0.15) is 0 Å². The molecule has 0 heterocycles. The second-order valence-corrected chi connectivity index (χ2v) is 5.87. The summed E-state index contributed by atoms with van der Waals surface area (Å²) in [5, 5.41) is 0. The van der Waals surface area contributed by atoms with Gasteiger partial charge in [0.1, 0.15) is 0 Å². The van der Waals surface area contributed by atoms with Crippen LogP contribution in [0.5, 0.6) is 0 Å². The molecule has 0 aliphatic carbocycles. The van der Waals surface area contributed by atoms with E-state index >= 15 is 0 Å². The molecule has 0 bridgehead atoms. The standard InChI is InChI=1S/C17H14O2Se/c1-14-8-5-6-11-16(14)20-13-7-12-19-17(18)15-9-3-2-4-10-15/h2-6,8-11H,12H2,1H3. The van der Waals surface area contributed by atoms with Crippen molar-refractivity contribution in [3.63, 3.8) is 0 Å². The normalized spacial score (nSPS) is 9.45. The molecule has 2 aromatic carbocycles. The fraction of sp³-hybridized carbons (Fsp3) is 0.118. The molecule has 0 fully saturated rings. The molecule has 0 unspecified atom stereocenters. The van der Waals surface area contributed by atoms with Crippen molar-refractivity contribution in [3.8, 4) is 10.7 Å². The average molecular weight is 329 g/mol. The van der Waals surface area contributed by atoms with Gasteiger partial charge in [0, 0.05) is 0 Å². The van der Waals surface area contributed by atoms with E-state index in [4.69, 9.17) is 4.74 Å². The van der Waals surface area contributed by atoms with Crippen LogP contribution in [0.1, 0.15) is 15.9 Å². The summed E-state index contributed by atoms with van der Waals surface area (Å²) in [4.78, 5) is 14.7. The van der Waals surface area contributed by atoms with E-state index in [0.29, 0.717) is 5.56 Å². The molecule has 0 spiro atoms. The van der Waals surface area contributed by atoms with Crippen LogP contribution in [0.25, 0.3) is 0 Å². The van der Waals surface area contributed by atoms with Crippen molar-refractivity contribution < 1.29 is 9.53 Å². The average Bonchev–Trinajstić information content (AvgIpc) is 2.49. The van der Waals surface area contributed by atoms with Gasteiger partial charge in [0.05, 0.1) is 0 Å². The molecule has 0 saturated carbocycles. The van der Waals surface area contributed by atoms with Crippen LogP contribution in [-0.4, -0.2) is 27.5 Å². The van der Waals surface area contributed by atoms with E-state index in [-0.39, 0.29) is 27.5 Å². The first-order chi connectivity index (χ1) is 9.77. The summed E-state index contributed by atoms with van der Waals surface area (Å²) in [6.45, 7) is 2.22. The van der Waals surface area contributed by atoms with Gasteiger partial charge >= 0.3 is 125 Å². The number of carbonyl (C=O) groups is 1. The van der Waals surface area contributed by atoms with Crippen LogP contribution < -0.4 is 4.46 Å². The number of benzene rings is 2. The Morgan fingerprint density at radius 2 is 1.80 bits per heavy atom. The Morgan fingerprint density at radius 3 is 2.55 bits per heavy atom. The molecule has 0 radical (unpaired) electrons. The second kappa shape index (κ2) is 7.55. The minimum atomic E-state index is -0.330. The van der Waals surface area contributed by atoms with E-state index in [0.717, 1.165) is 0 Å². The molecule has 0 saturated heterocycles. The fourth-order valence-electron chi connectivity index (χ4n) is 1.55. The second-order valence-electron chi connectivity index (χ2n) is 4.09. The van der Waals surface area contributed by atoms with Gasteiger partial charge in [-0.15, -0.1) is 0 Å². The molecule has 3 heteroatoms. The molecule has 0 aliphatic heterocycles. The number of ether oxygens (including phenoxy) is 1. The zero-order valence-electron chi connectivity index (χ0n) is 11.1. The molecule has 2 aromatic rings. The number of aryl methyl sites for hydroxylation is 1. The Kier molecular flexibility index (Phi) is 5.43. The molecular weight excluding hydrogens is 315 g/mol. The Balaban J connectivity index is 1.81. The Labute approximate surface area is 125 Å². The zero-order chi connectivity index (χ0) is 14.2. The number of hydrogen-bond acceptors (Lipinski definition) is 2. The van der Waals surface area contributed by atoms with Crippen LogP contribution in [0.2, 0.25) is 0 Å². The molecule has 0 N–H and O–H groups in total. The van der Waals surface area contributed by atoms with Crippen LogP contribution >= 0.6 is 0 Å². The quantitative estimate of drug-likeness (QED) is 0.490. The number of hydrogen-bond donors (Lipinski definition) is 0. The summed E-state index contributed by atoms with van der Waals surface area (Å²) in [5.41, 5.74) is 1.81. The Hall–Kier alpha value is -2.01. The van der Waals surface area contributed by atoms with Crippen molar-refractivity contribution in [2.45, 2.75) is 6.92 Å². The van der Waals surface area contributed by atoms with Crippen molar-refractivity contribution >= 4 is 25.4 Å². The summed E-state index contributed by atoms with van der Waals surface area (Å²) in [5.74, 6) is 2.57. The summed E-state index contributed by atoms with van der Waals surface area (Å²) in [7, 11) is 0. The molecule has 0 amide bonds. The van der Waals surface area contributed by atoms with Gasteiger partial charge in [0.25, 0.3) is 0 Å². The van der Waals surface area contributed by atoms with Gasteiger partial charge in [-0.05, 0) is 0 Å². The molecule has 100 valence electrons. The Morgan fingerprint density at radius 1 is 1.10 bits per heavy atom. The van der Waals surface area contributed by atoms with Gasteiger partial charge in [0.15, 0.2) is 0 Å². The first kappa shape index (κ1) is 14.4. The third-order valence-corrected chi connectivity index (χ3v) is 4.55. The summed E-state index contributed by atoms with van der Waals surface area (Å²) >= 11 is 0.102. The maximum atomic E-state index is 11.6. The first-order valence-electron chi connectivity index (χ1n) is 6.20. The third-order valence-electron chi connectivity index (χ3n) is 2.61. The SMILES string of the molecule is Cc1ccccc1[Se]C#CCOC(=O)c1ccccc1. The van der Waals surface area contributed by atoms with Gasteiger partial charge in [-0.1, -0.05) is 0 Å². The van der Waals surface area contributed by atoms with Crippen LogP contribution in [-0.2, 0) is 4.74 Å². The van der Waals surface area contributed by atoms with Crippen LogP contribution in [0.3, 0.4) is 0 Å². The molecule has 0 aromatic heterocycles. The molecule has 2 rings (SSSR count). The third kappa shape index (κ3) is 4.27. The van der Waals surface area contributed by atoms with E-state index in [1.807, 2.05) is 30.3 Å². The van der Waals surface area contributed by atoms with E-state index in [1.54, 1.807) is 12.1 Å². The van der Waals surface area contributed by atoms with E-state index in [1.165, 1.54) is 10.0 Å². The summed E-state index contributed by atoms with van der Waals surface area (Å²) in [6, 6.07) is 17.1. The molecule has 0 atom stereocenters. The summed E-state index contributed by atoms with van der Waals surface area (Å²) < 4.78 is 6.36. The van der Waals surface area contributed by atoms with Gasteiger partial charge in [-0.3, -0.25) is 0 Å². The van der Waals surface area contributed by atoms with Gasteiger partial charge in [-0.25, -0.2) is 0 Å².